The molecule has 3 nitrogen and oxygen atoms in total. The van der Waals surface area contributed by atoms with Crippen LogP contribution in [0.4, 0.5) is 0 Å². The second-order valence-electron chi connectivity index (χ2n) is 3.64. The average molecular weight is 304 g/mol. The summed E-state index contributed by atoms with van der Waals surface area (Å²) in [6.45, 7) is 0. The Labute approximate surface area is 122 Å². The second kappa shape index (κ2) is 5.17. The highest BCUT2D eigenvalue weighted by Crippen LogP contribution is 2.37. The number of pyridine rings is 1. The quantitative estimate of drug-likeness (QED) is 0.705. The van der Waals surface area contributed by atoms with Gasteiger partial charge >= 0.3 is 0 Å². The Morgan fingerprint density at radius 3 is 2.89 bits per heavy atom. The highest BCUT2D eigenvalue weighted by molar-refractivity contribution is 8.01. The number of fused-ring (bicyclic) bond motifs is 1. The van der Waals surface area contributed by atoms with Crippen molar-refractivity contribution >= 4 is 44.9 Å². The van der Waals surface area contributed by atoms with Crippen LogP contribution in [0.2, 0.25) is 5.02 Å². The monoisotopic (exact) mass is 303 g/mol. The van der Waals surface area contributed by atoms with Gasteiger partial charge in [0.2, 0.25) is 0 Å². The Morgan fingerprint density at radius 1 is 1.26 bits per heavy atom. The lowest BCUT2D eigenvalue weighted by Crippen LogP contribution is -1.85. The van der Waals surface area contributed by atoms with Gasteiger partial charge in [-0.2, -0.15) is 5.26 Å². The Morgan fingerprint density at radius 2 is 2.11 bits per heavy atom. The molecule has 0 aliphatic heterocycles. The highest BCUT2D eigenvalue weighted by Gasteiger charge is 2.11. The van der Waals surface area contributed by atoms with E-state index in [0.29, 0.717) is 15.6 Å². The zero-order valence-corrected chi connectivity index (χ0v) is 11.9. The lowest BCUT2D eigenvalue weighted by atomic mass is 10.3. The van der Waals surface area contributed by atoms with Crippen LogP contribution in [0.5, 0.6) is 0 Å². The summed E-state index contributed by atoms with van der Waals surface area (Å²) >= 11 is 9.10. The van der Waals surface area contributed by atoms with Gasteiger partial charge < -0.3 is 0 Å². The number of hydrogen-bond donors (Lipinski definition) is 0. The Kier molecular flexibility index (Phi) is 3.38. The van der Waals surface area contributed by atoms with E-state index in [1.54, 1.807) is 23.6 Å². The van der Waals surface area contributed by atoms with Crippen LogP contribution in [-0.2, 0) is 0 Å². The maximum Gasteiger partial charge on any atom is 0.157 e. The molecule has 0 aliphatic carbocycles. The molecule has 1 aromatic carbocycles. The molecule has 2 aromatic heterocycles. The van der Waals surface area contributed by atoms with Crippen molar-refractivity contribution in [1.29, 1.82) is 5.26 Å². The van der Waals surface area contributed by atoms with Gasteiger partial charge in [0.1, 0.15) is 11.1 Å². The standard InChI is InChI=1S/C13H6ClN3S2/c14-11-8(7-15)5-6-16-12(11)19-13-17-9-3-1-2-4-10(9)18-13/h1-6H. The highest BCUT2D eigenvalue weighted by atomic mass is 35.5. The summed E-state index contributed by atoms with van der Waals surface area (Å²) in [6.07, 6.45) is 1.58. The van der Waals surface area contributed by atoms with Crippen molar-refractivity contribution < 1.29 is 0 Å². The molecular weight excluding hydrogens is 298 g/mol. The van der Waals surface area contributed by atoms with E-state index in [9.17, 15) is 0 Å². The van der Waals surface area contributed by atoms with Crippen molar-refractivity contribution in [2.75, 3.05) is 0 Å². The first kappa shape index (κ1) is 12.4. The molecule has 0 fully saturated rings. The predicted octanol–water partition coefficient (Wildman–Crippen LogP) is 4.37. The maximum atomic E-state index is 8.94. The molecular formula is C13H6ClN3S2. The Hall–Kier alpha value is -1.61. The van der Waals surface area contributed by atoms with Gasteiger partial charge in [-0.3, -0.25) is 0 Å². The molecule has 3 rings (SSSR count). The smallest absolute Gasteiger partial charge is 0.157 e. The van der Waals surface area contributed by atoms with Crippen molar-refractivity contribution in [3.8, 4) is 6.07 Å². The van der Waals surface area contributed by atoms with Crippen molar-refractivity contribution in [2.45, 2.75) is 9.37 Å². The van der Waals surface area contributed by atoms with Gasteiger partial charge in [0.25, 0.3) is 0 Å². The van der Waals surface area contributed by atoms with Crippen LogP contribution in [0.1, 0.15) is 5.56 Å². The van der Waals surface area contributed by atoms with Gasteiger partial charge in [-0.1, -0.05) is 23.7 Å². The van der Waals surface area contributed by atoms with Crippen LogP contribution in [0, 0.1) is 11.3 Å². The van der Waals surface area contributed by atoms with Crippen molar-refractivity contribution in [3.05, 3.63) is 47.1 Å². The van der Waals surface area contributed by atoms with Crippen molar-refractivity contribution in [2.24, 2.45) is 0 Å². The third-order valence-electron chi connectivity index (χ3n) is 2.44. The fourth-order valence-corrected chi connectivity index (χ4v) is 3.82. The van der Waals surface area contributed by atoms with E-state index in [1.807, 2.05) is 30.3 Å². The Balaban J connectivity index is 1.99. The molecule has 0 amide bonds. The molecule has 0 saturated heterocycles. The summed E-state index contributed by atoms with van der Waals surface area (Å²) < 4.78 is 1.99. The molecule has 0 unspecified atom stereocenters. The van der Waals surface area contributed by atoms with Crippen LogP contribution in [-0.4, -0.2) is 9.97 Å². The van der Waals surface area contributed by atoms with Gasteiger partial charge in [0.15, 0.2) is 4.34 Å². The number of nitrogens with zero attached hydrogens (tertiary/aromatic N) is 3. The minimum atomic E-state index is 0.384. The fourth-order valence-electron chi connectivity index (χ4n) is 1.56. The zero-order chi connectivity index (χ0) is 13.2. The second-order valence-corrected chi connectivity index (χ2v) is 6.28. The molecule has 0 aliphatic rings. The third kappa shape index (κ3) is 2.43. The van der Waals surface area contributed by atoms with Crippen LogP contribution in [0.3, 0.4) is 0 Å². The minimum Gasteiger partial charge on any atom is -0.248 e. The van der Waals surface area contributed by atoms with E-state index < -0.39 is 0 Å². The van der Waals surface area contributed by atoms with E-state index in [0.717, 1.165) is 14.6 Å². The van der Waals surface area contributed by atoms with E-state index in [2.05, 4.69) is 9.97 Å². The molecule has 0 saturated carbocycles. The number of aromatic nitrogens is 2. The van der Waals surface area contributed by atoms with E-state index in [-0.39, 0.29) is 0 Å². The first-order chi connectivity index (χ1) is 9.28. The molecule has 0 N–H and O–H groups in total. The number of thiazole rings is 1. The summed E-state index contributed by atoms with van der Waals surface area (Å²) in [6, 6.07) is 11.6. The van der Waals surface area contributed by atoms with Gasteiger partial charge in [-0.05, 0) is 30.0 Å². The molecule has 3 aromatic rings. The molecule has 92 valence electrons. The molecule has 0 spiro atoms. The molecule has 0 radical (unpaired) electrons. The largest absolute Gasteiger partial charge is 0.248 e. The molecule has 2 heterocycles. The average Bonchev–Trinajstić information content (AvgIpc) is 2.83. The van der Waals surface area contributed by atoms with E-state index in [1.165, 1.54) is 11.8 Å². The molecule has 0 atom stereocenters. The van der Waals surface area contributed by atoms with Crippen LogP contribution < -0.4 is 0 Å². The molecule has 6 heteroatoms. The topological polar surface area (TPSA) is 49.6 Å². The van der Waals surface area contributed by atoms with Crippen LogP contribution in [0.25, 0.3) is 10.2 Å². The molecule has 19 heavy (non-hydrogen) atoms. The SMILES string of the molecule is N#Cc1ccnc(Sc2nc3ccccc3s2)c1Cl. The van der Waals surface area contributed by atoms with Gasteiger partial charge in [-0.25, -0.2) is 9.97 Å². The summed E-state index contributed by atoms with van der Waals surface area (Å²) in [5, 5.41) is 9.93. The minimum absolute atomic E-state index is 0.384. The third-order valence-corrected chi connectivity index (χ3v) is 5.03. The summed E-state index contributed by atoms with van der Waals surface area (Å²) in [5.74, 6) is 0. The summed E-state index contributed by atoms with van der Waals surface area (Å²) in [5.41, 5.74) is 1.39. The number of halogens is 1. The van der Waals surface area contributed by atoms with E-state index in [4.69, 9.17) is 16.9 Å². The van der Waals surface area contributed by atoms with Crippen molar-refractivity contribution in [3.63, 3.8) is 0 Å². The maximum absolute atomic E-state index is 8.94. The lowest BCUT2D eigenvalue weighted by molar-refractivity contribution is 1.12. The number of rotatable bonds is 2. The van der Waals surface area contributed by atoms with Crippen LogP contribution in [0.15, 0.2) is 45.9 Å². The molecule has 0 bridgehead atoms. The number of para-hydroxylation sites is 1. The van der Waals surface area contributed by atoms with Crippen LogP contribution >= 0.6 is 34.7 Å². The number of nitriles is 1. The summed E-state index contributed by atoms with van der Waals surface area (Å²) in [7, 11) is 0. The number of benzene rings is 1. The predicted molar refractivity (Wildman–Crippen MR) is 77.7 cm³/mol. The first-order valence-corrected chi connectivity index (χ1v) is 7.37. The fraction of sp³-hybridized carbons (Fsp3) is 0. The van der Waals surface area contributed by atoms with Gasteiger partial charge in [0.05, 0.1) is 20.8 Å². The first-order valence-electron chi connectivity index (χ1n) is 5.36. The Bertz CT molecular complexity index is 759. The number of hydrogen-bond acceptors (Lipinski definition) is 5. The van der Waals surface area contributed by atoms with Gasteiger partial charge in [-0.15, -0.1) is 11.3 Å². The van der Waals surface area contributed by atoms with Crippen molar-refractivity contribution in [1.82, 2.24) is 9.97 Å². The normalized spacial score (nSPS) is 10.5. The summed E-state index contributed by atoms with van der Waals surface area (Å²) in [4.78, 5) is 8.70. The lowest BCUT2D eigenvalue weighted by Gasteiger charge is -2.00. The van der Waals surface area contributed by atoms with Gasteiger partial charge in [0, 0.05) is 6.20 Å². The zero-order valence-electron chi connectivity index (χ0n) is 9.50. The van der Waals surface area contributed by atoms with E-state index >= 15 is 0 Å².